The predicted molar refractivity (Wildman–Crippen MR) is 121 cm³/mol. The summed E-state index contributed by atoms with van der Waals surface area (Å²) in [5, 5.41) is 8.45. The number of aryl methyl sites for hydroxylation is 2. The van der Waals surface area contributed by atoms with Gasteiger partial charge in [0.25, 0.3) is 5.22 Å². The number of benzene rings is 2. The Hall–Kier alpha value is -2.65. The van der Waals surface area contributed by atoms with Crippen LogP contribution in [0.5, 0.6) is 0 Å². The highest BCUT2D eigenvalue weighted by molar-refractivity contribution is 7.99. The fraction of sp³-hybridized carbons (Fsp3) is 0.318. The fourth-order valence-corrected chi connectivity index (χ4v) is 5.28. The number of carbonyl (C=O) groups excluding carboxylic acids is 1. The first-order valence-electron chi connectivity index (χ1n) is 9.99. The molecule has 4 rings (SSSR count). The van der Waals surface area contributed by atoms with E-state index in [0.29, 0.717) is 35.3 Å². The average molecular weight is 458 g/mol. The molecule has 162 valence electrons. The molecule has 0 radical (unpaired) electrons. The summed E-state index contributed by atoms with van der Waals surface area (Å²) < 4.78 is 31.6. The number of fused-ring (bicyclic) bond motifs is 1. The largest absolute Gasteiger partial charge is 0.411 e. The average Bonchev–Trinajstić information content (AvgIpc) is 3.41. The number of ketones is 1. The van der Waals surface area contributed by atoms with Crippen molar-refractivity contribution in [1.82, 2.24) is 10.2 Å². The van der Waals surface area contributed by atoms with Crippen molar-refractivity contribution in [2.75, 3.05) is 22.4 Å². The Balaban J connectivity index is 1.43. The first kappa shape index (κ1) is 21.6. The van der Waals surface area contributed by atoms with Crippen molar-refractivity contribution >= 4 is 33.3 Å². The number of hydrogen-bond donors (Lipinski definition) is 0. The highest BCUT2D eigenvalue weighted by Crippen LogP contribution is 2.32. The van der Waals surface area contributed by atoms with Crippen molar-refractivity contribution in [2.45, 2.75) is 32.4 Å². The zero-order chi connectivity index (χ0) is 22.2. The third-order valence-corrected chi connectivity index (χ3v) is 8.04. The molecule has 0 aliphatic carbocycles. The molecule has 9 heteroatoms. The van der Waals surface area contributed by atoms with E-state index in [9.17, 15) is 13.2 Å². The van der Waals surface area contributed by atoms with Crippen LogP contribution in [0.25, 0.3) is 11.5 Å². The van der Waals surface area contributed by atoms with Gasteiger partial charge in [0.2, 0.25) is 15.9 Å². The van der Waals surface area contributed by atoms with Crippen LogP contribution >= 0.6 is 11.8 Å². The van der Waals surface area contributed by atoms with Gasteiger partial charge >= 0.3 is 0 Å². The smallest absolute Gasteiger partial charge is 0.277 e. The summed E-state index contributed by atoms with van der Waals surface area (Å²) in [5.74, 6) is 0.561. The van der Waals surface area contributed by atoms with Crippen LogP contribution in [0.4, 0.5) is 5.69 Å². The molecule has 0 saturated carbocycles. The van der Waals surface area contributed by atoms with Gasteiger partial charge in [-0.3, -0.25) is 9.10 Å². The summed E-state index contributed by atoms with van der Waals surface area (Å²) in [6, 6.07) is 11.1. The van der Waals surface area contributed by atoms with Crippen LogP contribution in [-0.4, -0.2) is 42.4 Å². The van der Waals surface area contributed by atoms with E-state index >= 15 is 0 Å². The van der Waals surface area contributed by atoms with Gasteiger partial charge in [0.1, 0.15) is 0 Å². The molecule has 2 aromatic carbocycles. The second-order valence-electron chi connectivity index (χ2n) is 7.45. The summed E-state index contributed by atoms with van der Waals surface area (Å²) in [4.78, 5) is 12.7. The van der Waals surface area contributed by atoms with Gasteiger partial charge in [0.15, 0.2) is 5.78 Å². The highest BCUT2D eigenvalue weighted by Gasteiger charge is 2.28. The van der Waals surface area contributed by atoms with Crippen LogP contribution < -0.4 is 4.31 Å². The molecule has 2 heterocycles. The van der Waals surface area contributed by atoms with E-state index in [2.05, 4.69) is 10.2 Å². The van der Waals surface area contributed by atoms with E-state index in [-0.39, 0.29) is 17.3 Å². The van der Waals surface area contributed by atoms with Crippen LogP contribution in [0.2, 0.25) is 0 Å². The zero-order valence-corrected chi connectivity index (χ0v) is 19.2. The van der Waals surface area contributed by atoms with E-state index in [1.165, 1.54) is 21.6 Å². The third kappa shape index (κ3) is 4.38. The number of hydrogen-bond acceptors (Lipinski definition) is 7. The Labute approximate surface area is 185 Å². The van der Waals surface area contributed by atoms with Crippen LogP contribution in [0.15, 0.2) is 46.0 Å². The number of carbonyl (C=O) groups is 1. The lowest BCUT2D eigenvalue weighted by atomic mass is 10.1. The second kappa shape index (κ2) is 8.47. The first-order chi connectivity index (χ1) is 14.8. The summed E-state index contributed by atoms with van der Waals surface area (Å²) in [7, 11) is -3.30. The number of rotatable bonds is 7. The lowest BCUT2D eigenvalue weighted by Crippen LogP contribution is -2.30. The molecule has 1 aromatic heterocycles. The number of nitrogens with zero attached hydrogens (tertiary/aromatic N) is 3. The van der Waals surface area contributed by atoms with Gasteiger partial charge in [-0.25, -0.2) is 8.42 Å². The van der Waals surface area contributed by atoms with E-state index < -0.39 is 10.0 Å². The Morgan fingerprint density at radius 3 is 2.68 bits per heavy atom. The summed E-state index contributed by atoms with van der Waals surface area (Å²) in [5.41, 5.74) is 5.27. The predicted octanol–water partition coefficient (Wildman–Crippen LogP) is 4.04. The molecule has 0 atom stereocenters. The molecule has 0 fully saturated rings. The number of anilines is 1. The Morgan fingerprint density at radius 1 is 1.13 bits per heavy atom. The second-order valence-corrected chi connectivity index (χ2v) is 10.6. The lowest BCUT2D eigenvalue weighted by Gasteiger charge is -2.18. The molecule has 31 heavy (non-hydrogen) atoms. The van der Waals surface area contributed by atoms with Gasteiger partial charge in [-0.05, 0) is 74.2 Å². The molecule has 1 aliphatic heterocycles. The Morgan fingerprint density at radius 2 is 1.94 bits per heavy atom. The SMILES string of the molecule is CCS(=O)(=O)N1CCc2cc(C(=O)CSc3nnc(-c4ccc(C)c(C)c4)o3)ccc21. The van der Waals surface area contributed by atoms with Gasteiger partial charge < -0.3 is 4.42 Å². The number of sulfonamides is 1. The molecule has 1 aliphatic rings. The first-order valence-corrected chi connectivity index (χ1v) is 12.6. The molecular weight excluding hydrogens is 434 g/mol. The van der Waals surface area contributed by atoms with Crippen molar-refractivity contribution in [3.8, 4) is 11.5 Å². The minimum atomic E-state index is -3.30. The van der Waals surface area contributed by atoms with E-state index in [1.807, 2.05) is 32.0 Å². The molecule has 0 N–H and O–H groups in total. The summed E-state index contributed by atoms with van der Waals surface area (Å²) in [6.45, 7) is 6.11. The van der Waals surface area contributed by atoms with E-state index in [4.69, 9.17) is 4.42 Å². The highest BCUT2D eigenvalue weighted by atomic mass is 32.2. The molecular formula is C22H23N3O4S2. The van der Waals surface area contributed by atoms with Gasteiger partial charge in [-0.15, -0.1) is 10.2 Å². The minimum Gasteiger partial charge on any atom is -0.411 e. The standard InChI is InChI=1S/C22H23N3O4S2/c1-4-31(27,28)25-10-9-16-12-17(7-8-19(16)25)20(26)13-30-22-24-23-21(29-22)18-6-5-14(2)15(3)11-18/h5-8,11-12H,4,9-10,13H2,1-3H3. The quantitative estimate of drug-likeness (QED) is 0.390. The molecule has 0 bridgehead atoms. The summed E-state index contributed by atoms with van der Waals surface area (Å²) in [6.07, 6.45) is 0.603. The molecule has 3 aromatic rings. The lowest BCUT2D eigenvalue weighted by molar-refractivity contribution is 0.102. The van der Waals surface area contributed by atoms with Crippen LogP contribution in [-0.2, 0) is 16.4 Å². The van der Waals surface area contributed by atoms with Gasteiger partial charge in [0, 0.05) is 17.7 Å². The minimum absolute atomic E-state index is 0.0537. The van der Waals surface area contributed by atoms with Crippen molar-refractivity contribution in [2.24, 2.45) is 0 Å². The van der Waals surface area contributed by atoms with Gasteiger partial charge in [-0.1, -0.05) is 17.8 Å². The van der Waals surface area contributed by atoms with Gasteiger partial charge in [-0.2, -0.15) is 0 Å². The third-order valence-electron chi connectivity index (χ3n) is 5.44. The molecule has 0 unspecified atom stereocenters. The maximum atomic E-state index is 12.7. The fourth-order valence-electron chi connectivity index (χ4n) is 3.46. The zero-order valence-electron chi connectivity index (χ0n) is 17.6. The maximum absolute atomic E-state index is 12.7. The number of thioether (sulfide) groups is 1. The normalized spacial score (nSPS) is 13.5. The van der Waals surface area contributed by atoms with Crippen LogP contribution in [0.1, 0.15) is 34.0 Å². The number of Topliss-reactive ketones (excluding diaryl/α,β-unsaturated/α-hetero) is 1. The van der Waals surface area contributed by atoms with Crippen LogP contribution in [0.3, 0.4) is 0 Å². The Bertz CT molecular complexity index is 1250. The van der Waals surface area contributed by atoms with Crippen molar-refractivity contribution < 1.29 is 17.6 Å². The molecule has 7 nitrogen and oxygen atoms in total. The molecule has 0 amide bonds. The maximum Gasteiger partial charge on any atom is 0.277 e. The Kier molecular flexibility index (Phi) is 5.90. The molecule has 0 saturated heterocycles. The topological polar surface area (TPSA) is 93.4 Å². The van der Waals surface area contributed by atoms with Crippen molar-refractivity contribution in [3.63, 3.8) is 0 Å². The van der Waals surface area contributed by atoms with Crippen molar-refractivity contribution in [1.29, 1.82) is 0 Å². The van der Waals surface area contributed by atoms with Crippen molar-refractivity contribution in [3.05, 3.63) is 58.7 Å². The monoisotopic (exact) mass is 457 g/mol. The van der Waals surface area contributed by atoms with E-state index in [0.717, 1.165) is 16.7 Å². The van der Waals surface area contributed by atoms with Crippen LogP contribution in [0, 0.1) is 13.8 Å². The summed E-state index contributed by atoms with van der Waals surface area (Å²) >= 11 is 1.19. The van der Waals surface area contributed by atoms with Gasteiger partial charge in [0.05, 0.1) is 17.2 Å². The molecule has 0 spiro atoms. The number of aromatic nitrogens is 2. The van der Waals surface area contributed by atoms with E-state index in [1.54, 1.807) is 25.1 Å².